The Hall–Kier alpha value is -2.77. The minimum Gasteiger partial charge on any atom is -0.467 e. The maximum atomic E-state index is 6.47. The molecule has 5 aromatic rings. The average Bonchev–Trinajstić information content (AvgIpc) is 3.47. The molecule has 0 fully saturated rings. The molecule has 0 bridgehead atoms. The van der Waals surface area contributed by atoms with Crippen molar-refractivity contribution in [2.24, 2.45) is 0 Å². The Morgan fingerprint density at radius 2 is 1.56 bits per heavy atom. The van der Waals surface area contributed by atoms with Crippen molar-refractivity contribution in [3.05, 3.63) is 104 Å². The second kappa shape index (κ2) is 9.84. The Labute approximate surface area is 215 Å². The van der Waals surface area contributed by atoms with Gasteiger partial charge in [0, 0.05) is 26.6 Å². The van der Waals surface area contributed by atoms with Crippen LogP contribution in [0.15, 0.2) is 71.9 Å². The number of rotatable bonds is 7. The van der Waals surface area contributed by atoms with Crippen LogP contribution in [0, 0.1) is 0 Å². The number of fused-ring (bicyclic) bond motifs is 1. The minimum atomic E-state index is 0.466. The first-order valence-corrected chi connectivity index (χ1v) is 11.8. The smallest absolute Gasteiger partial charge is 0.165 e. The highest BCUT2D eigenvalue weighted by atomic mass is 35.5. The van der Waals surface area contributed by atoms with Crippen molar-refractivity contribution in [1.29, 1.82) is 0 Å². The molecule has 3 heterocycles. The summed E-state index contributed by atoms with van der Waals surface area (Å²) in [6.45, 7) is 1.43. The highest BCUT2D eigenvalue weighted by Gasteiger charge is 2.19. The number of anilines is 1. The summed E-state index contributed by atoms with van der Waals surface area (Å²) in [7, 11) is 0. The van der Waals surface area contributed by atoms with Crippen LogP contribution in [0.25, 0.3) is 11.2 Å². The van der Waals surface area contributed by atoms with E-state index in [1.54, 1.807) is 24.7 Å². The molecule has 0 aliphatic carbocycles. The van der Waals surface area contributed by atoms with Crippen LogP contribution in [0.4, 0.5) is 5.82 Å². The Kier molecular flexibility index (Phi) is 6.66. The summed E-state index contributed by atoms with van der Waals surface area (Å²) in [5.41, 5.74) is 3.15. The first kappa shape index (κ1) is 23.0. The molecular weight excluding hydrogens is 516 g/mol. The normalized spacial score (nSPS) is 11.3. The van der Waals surface area contributed by atoms with Crippen molar-refractivity contribution in [3.8, 4) is 0 Å². The summed E-state index contributed by atoms with van der Waals surface area (Å²) in [6, 6.07) is 14.6. The van der Waals surface area contributed by atoms with Gasteiger partial charge < -0.3 is 13.9 Å². The van der Waals surface area contributed by atoms with Crippen molar-refractivity contribution in [2.45, 2.75) is 19.6 Å². The lowest BCUT2D eigenvalue weighted by Crippen LogP contribution is -2.23. The van der Waals surface area contributed by atoms with Gasteiger partial charge in [-0.2, -0.15) is 0 Å². The van der Waals surface area contributed by atoms with Crippen LogP contribution >= 0.6 is 46.4 Å². The Morgan fingerprint density at radius 3 is 2.24 bits per heavy atom. The van der Waals surface area contributed by atoms with Gasteiger partial charge in [-0.25, -0.2) is 15.0 Å². The fourth-order valence-corrected chi connectivity index (χ4v) is 4.64. The van der Waals surface area contributed by atoms with Gasteiger partial charge in [0.1, 0.15) is 12.1 Å². The molecule has 0 aliphatic rings. The van der Waals surface area contributed by atoms with E-state index in [-0.39, 0.29) is 0 Å². The molecule has 172 valence electrons. The number of benzene rings is 2. The third-order valence-electron chi connectivity index (χ3n) is 5.34. The van der Waals surface area contributed by atoms with Gasteiger partial charge in [0.25, 0.3) is 0 Å². The van der Waals surface area contributed by atoms with Crippen molar-refractivity contribution in [1.82, 2.24) is 19.5 Å². The highest BCUT2D eigenvalue weighted by molar-refractivity contribution is 6.35. The standard InChI is InChI=1S/C24H17Cl4N5O/c25-17-5-3-15(20(27)8-17)10-32(12-19-2-1-7-34-19)23-22-24(30-13-29-23)33(14-31-22)11-16-4-6-18(26)9-21(16)28/h1-9,13-14H,10-12H2. The molecule has 0 amide bonds. The summed E-state index contributed by atoms with van der Waals surface area (Å²) < 4.78 is 7.53. The first-order chi connectivity index (χ1) is 16.5. The molecule has 0 spiro atoms. The fourth-order valence-electron chi connectivity index (χ4n) is 3.70. The summed E-state index contributed by atoms with van der Waals surface area (Å²) >= 11 is 25.0. The lowest BCUT2D eigenvalue weighted by molar-refractivity contribution is 0.501. The van der Waals surface area contributed by atoms with E-state index in [1.807, 2.05) is 45.9 Å². The maximum absolute atomic E-state index is 6.47. The zero-order valence-electron chi connectivity index (χ0n) is 17.6. The zero-order chi connectivity index (χ0) is 23.7. The number of hydrogen-bond acceptors (Lipinski definition) is 5. The molecule has 3 aromatic heterocycles. The number of aromatic nitrogens is 4. The van der Waals surface area contributed by atoms with Crippen LogP contribution in [0.5, 0.6) is 0 Å². The minimum absolute atomic E-state index is 0.466. The quantitative estimate of drug-likeness (QED) is 0.220. The Morgan fingerprint density at radius 1 is 0.824 bits per heavy atom. The topological polar surface area (TPSA) is 60.0 Å². The monoisotopic (exact) mass is 531 g/mol. The van der Waals surface area contributed by atoms with Crippen molar-refractivity contribution in [2.75, 3.05) is 4.90 Å². The van der Waals surface area contributed by atoms with Gasteiger partial charge in [0.2, 0.25) is 0 Å². The molecule has 0 unspecified atom stereocenters. The van der Waals surface area contributed by atoms with Gasteiger partial charge in [0.15, 0.2) is 17.0 Å². The van der Waals surface area contributed by atoms with Crippen LogP contribution in [0.2, 0.25) is 20.1 Å². The third kappa shape index (κ3) is 4.86. The van der Waals surface area contributed by atoms with E-state index in [4.69, 9.17) is 50.8 Å². The lowest BCUT2D eigenvalue weighted by Gasteiger charge is -2.23. The largest absolute Gasteiger partial charge is 0.467 e. The molecule has 6 nitrogen and oxygen atoms in total. The van der Waals surface area contributed by atoms with Crippen LogP contribution in [0.1, 0.15) is 16.9 Å². The summed E-state index contributed by atoms with van der Waals surface area (Å²) in [5.74, 6) is 1.44. The number of imidazole rings is 1. The van der Waals surface area contributed by atoms with Crippen molar-refractivity contribution < 1.29 is 4.42 Å². The molecule has 0 N–H and O–H groups in total. The van der Waals surface area contributed by atoms with Gasteiger partial charge in [-0.05, 0) is 47.5 Å². The van der Waals surface area contributed by atoms with Crippen LogP contribution in [0.3, 0.4) is 0 Å². The summed E-state index contributed by atoms with van der Waals surface area (Å²) in [5, 5.41) is 2.32. The van der Waals surface area contributed by atoms with Crippen LogP contribution < -0.4 is 4.90 Å². The average molecular weight is 533 g/mol. The number of nitrogens with zero attached hydrogens (tertiary/aromatic N) is 5. The summed E-state index contributed by atoms with van der Waals surface area (Å²) in [6.07, 6.45) is 4.90. The zero-order valence-corrected chi connectivity index (χ0v) is 20.7. The molecule has 0 saturated heterocycles. The van der Waals surface area contributed by atoms with Gasteiger partial charge in [-0.1, -0.05) is 58.5 Å². The molecule has 0 radical (unpaired) electrons. The Balaban J connectivity index is 1.53. The Bertz CT molecular complexity index is 1450. The van der Waals surface area contributed by atoms with Gasteiger partial charge in [0.05, 0.1) is 25.7 Å². The molecular formula is C24H17Cl4N5O. The molecule has 5 rings (SSSR count). The summed E-state index contributed by atoms with van der Waals surface area (Å²) in [4.78, 5) is 15.7. The number of hydrogen-bond donors (Lipinski definition) is 0. The number of furan rings is 1. The lowest BCUT2D eigenvalue weighted by atomic mass is 10.2. The van der Waals surface area contributed by atoms with E-state index in [1.165, 1.54) is 6.33 Å². The van der Waals surface area contributed by atoms with E-state index in [0.29, 0.717) is 56.7 Å². The second-order valence-corrected chi connectivity index (χ2v) is 9.34. The molecule has 0 saturated carbocycles. The van der Waals surface area contributed by atoms with E-state index < -0.39 is 0 Å². The first-order valence-electron chi connectivity index (χ1n) is 10.3. The van der Waals surface area contributed by atoms with Gasteiger partial charge in [-0.15, -0.1) is 0 Å². The number of halogens is 4. The third-order valence-corrected chi connectivity index (χ3v) is 6.51. The highest BCUT2D eigenvalue weighted by Crippen LogP contribution is 2.29. The SMILES string of the molecule is Clc1ccc(CN(Cc2ccco2)c2ncnc3c2ncn3Cc2ccc(Cl)cc2Cl)c(Cl)c1. The van der Waals surface area contributed by atoms with E-state index in [0.717, 1.165) is 16.9 Å². The van der Waals surface area contributed by atoms with E-state index in [9.17, 15) is 0 Å². The molecule has 10 heteroatoms. The molecule has 2 aromatic carbocycles. The molecule has 34 heavy (non-hydrogen) atoms. The van der Waals surface area contributed by atoms with Gasteiger partial charge >= 0.3 is 0 Å². The van der Waals surface area contributed by atoms with Crippen molar-refractivity contribution in [3.63, 3.8) is 0 Å². The fraction of sp³-hybridized carbons (Fsp3) is 0.125. The van der Waals surface area contributed by atoms with Crippen LogP contribution in [-0.2, 0) is 19.6 Å². The predicted octanol–water partition coefficient (Wildman–Crippen LogP) is 7.29. The maximum Gasteiger partial charge on any atom is 0.165 e. The second-order valence-electron chi connectivity index (χ2n) is 7.65. The molecule has 0 atom stereocenters. The molecule has 0 aliphatic heterocycles. The van der Waals surface area contributed by atoms with Crippen LogP contribution in [-0.4, -0.2) is 19.5 Å². The van der Waals surface area contributed by atoms with Crippen molar-refractivity contribution >= 4 is 63.4 Å². The van der Waals surface area contributed by atoms with Gasteiger partial charge in [-0.3, -0.25) is 0 Å². The predicted molar refractivity (Wildman–Crippen MR) is 136 cm³/mol. The van der Waals surface area contributed by atoms with E-state index in [2.05, 4.69) is 15.0 Å². The van der Waals surface area contributed by atoms with E-state index >= 15 is 0 Å².